The highest BCUT2D eigenvalue weighted by molar-refractivity contribution is 9.10. The summed E-state index contributed by atoms with van der Waals surface area (Å²) in [6.45, 7) is 2.51. The molecule has 13 heavy (non-hydrogen) atoms. The van der Waals surface area contributed by atoms with Crippen LogP contribution < -0.4 is 0 Å². The first-order chi connectivity index (χ1) is 6.20. The van der Waals surface area contributed by atoms with Gasteiger partial charge in [-0.1, -0.05) is 58.0 Å². The summed E-state index contributed by atoms with van der Waals surface area (Å²) < 4.78 is 0. The molecule has 0 aliphatic rings. The summed E-state index contributed by atoms with van der Waals surface area (Å²) in [6, 6.07) is 0. The third kappa shape index (κ3) is 9.23. The maximum atomic E-state index is 8.72. The summed E-state index contributed by atoms with van der Waals surface area (Å²) in [4.78, 5) is 1.07. The van der Waals surface area contributed by atoms with Crippen molar-refractivity contribution >= 4 is 31.9 Å². The van der Waals surface area contributed by atoms with E-state index in [-0.39, 0.29) is 6.61 Å². The van der Waals surface area contributed by atoms with Gasteiger partial charge in [0.15, 0.2) is 0 Å². The molecule has 0 aromatic carbocycles. The lowest BCUT2D eigenvalue weighted by atomic mass is 10.1. The van der Waals surface area contributed by atoms with E-state index in [0.29, 0.717) is 9.65 Å². The monoisotopic (exact) mass is 314 g/mol. The number of aliphatic hydroxyl groups excluding tert-OH is 1. The molecule has 0 saturated heterocycles. The molecule has 0 aromatic heterocycles. The molecule has 1 nitrogen and oxygen atoms in total. The minimum atomic E-state index is 0.282. The highest BCUT2D eigenvalue weighted by Gasteiger charge is 2.10. The molecule has 1 N–H and O–H groups in total. The van der Waals surface area contributed by atoms with E-state index in [9.17, 15) is 0 Å². The van der Waals surface area contributed by atoms with Crippen molar-refractivity contribution in [3.8, 4) is 0 Å². The van der Waals surface area contributed by atoms with E-state index in [2.05, 4.69) is 38.8 Å². The van der Waals surface area contributed by atoms with Crippen LogP contribution in [0.2, 0.25) is 0 Å². The first-order valence-electron chi connectivity index (χ1n) is 5.09. The summed E-state index contributed by atoms with van der Waals surface area (Å²) >= 11 is 7.22. The number of hydrogen-bond acceptors (Lipinski definition) is 1. The van der Waals surface area contributed by atoms with Gasteiger partial charge in [-0.25, -0.2) is 0 Å². The molecule has 80 valence electrons. The lowest BCUT2D eigenvalue weighted by Crippen LogP contribution is -2.09. The largest absolute Gasteiger partial charge is 0.396 e. The van der Waals surface area contributed by atoms with Crippen LogP contribution >= 0.6 is 31.9 Å². The quantitative estimate of drug-likeness (QED) is 0.532. The van der Waals surface area contributed by atoms with Crippen molar-refractivity contribution < 1.29 is 5.11 Å². The van der Waals surface area contributed by atoms with Gasteiger partial charge in [-0.3, -0.25) is 0 Å². The third-order valence-corrected chi connectivity index (χ3v) is 3.74. The molecule has 0 spiro atoms. The summed E-state index contributed by atoms with van der Waals surface area (Å²) in [5.74, 6) is 0. The lowest BCUT2D eigenvalue weighted by molar-refractivity contribution is 0.286. The second kappa shape index (κ2) is 9.47. The topological polar surface area (TPSA) is 20.2 Å². The molecule has 0 radical (unpaired) electrons. The van der Waals surface area contributed by atoms with Crippen molar-refractivity contribution in [2.24, 2.45) is 0 Å². The van der Waals surface area contributed by atoms with Gasteiger partial charge in [0, 0.05) is 16.3 Å². The Morgan fingerprint density at radius 3 is 2.23 bits per heavy atom. The summed E-state index contributed by atoms with van der Waals surface area (Å²) in [5, 5.41) is 8.72. The Bertz CT molecular complexity index is 109. The molecule has 0 aliphatic carbocycles. The Hall–Kier alpha value is 0.920. The molecule has 0 fully saturated rings. The molecule has 3 heteroatoms. The highest BCUT2D eigenvalue weighted by Crippen LogP contribution is 2.21. The van der Waals surface area contributed by atoms with Crippen LogP contribution in [-0.2, 0) is 0 Å². The van der Waals surface area contributed by atoms with E-state index < -0.39 is 0 Å². The van der Waals surface area contributed by atoms with Crippen LogP contribution in [0.4, 0.5) is 0 Å². The smallest absolute Gasteiger partial charge is 0.0441 e. The van der Waals surface area contributed by atoms with Gasteiger partial charge >= 0.3 is 0 Å². The van der Waals surface area contributed by atoms with E-state index in [1.54, 1.807) is 0 Å². The van der Waals surface area contributed by atoms with Gasteiger partial charge in [0.1, 0.15) is 0 Å². The molecule has 0 saturated carbocycles. The summed E-state index contributed by atoms with van der Waals surface area (Å²) in [6.07, 6.45) is 7.15. The maximum Gasteiger partial charge on any atom is 0.0441 e. The van der Waals surface area contributed by atoms with E-state index in [1.165, 1.54) is 25.7 Å². The minimum Gasteiger partial charge on any atom is -0.396 e. The van der Waals surface area contributed by atoms with Crippen molar-refractivity contribution in [3.05, 3.63) is 0 Å². The molecule has 0 bridgehead atoms. The average Bonchev–Trinajstić information content (AvgIpc) is 2.05. The number of rotatable bonds is 8. The third-order valence-electron chi connectivity index (χ3n) is 2.07. The van der Waals surface area contributed by atoms with Gasteiger partial charge in [-0.2, -0.15) is 0 Å². The van der Waals surface area contributed by atoms with Crippen LogP contribution in [-0.4, -0.2) is 21.4 Å². The van der Waals surface area contributed by atoms with E-state index in [1.807, 2.05) is 0 Å². The average molecular weight is 316 g/mol. The molecular formula is C10H20Br2O. The van der Waals surface area contributed by atoms with Crippen molar-refractivity contribution in [2.45, 2.75) is 55.1 Å². The van der Waals surface area contributed by atoms with E-state index in [0.717, 1.165) is 12.8 Å². The Morgan fingerprint density at radius 2 is 1.69 bits per heavy atom. The van der Waals surface area contributed by atoms with Gasteiger partial charge in [0.2, 0.25) is 0 Å². The van der Waals surface area contributed by atoms with Crippen LogP contribution in [0.3, 0.4) is 0 Å². The van der Waals surface area contributed by atoms with Gasteiger partial charge in [-0.05, 0) is 19.3 Å². The Morgan fingerprint density at radius 1 is 1.08 bits per heavy atom. The second-order valence-corrected chi connectivity index (χ2v) is 6.03. The standard InChI is InChI=1S/C10H20Br2O/c1-2-3-4-5-9(11)8-10(12)6-7-13/h9-10,13H,2-8H2,1H3. The van der Waals surface area contributed by atoms with Crippen molar-refractivity contribution in [1.29, 1.82) is 0 Å². The molecule has 0 heterocycles. The van der Waals surface area contributed by atoms with Crippen LogP contribution in [0.15, 0.2) is 0 Å². The summed E-state index contributed by atoms with van der Waals surface area (Å²) in [5.41, 5.74) is 0. The lowest BCUT2D eigenvalue weighted by Gasteiger charge is -2.13. The maximum absolute atomic E-state index is 8.72. The Kier molecular flexibility index (Phi) is 10.1. The zero-order chi connectivity index (χ0) is 10.1. The van der Waals surface area contributed by atoms with E-state index in [4.69, 9.17) is 5.11 Å². The summed E-state index contributed by atoms with van der Waals surface area (Å²) in [7, 11) is 0. The number of alkyl halides is 2. The van der Waals surface area contributed by atoms with E-state index >= 15 is 0 Å². The fourth-order valence-electron chi connectivity index (χ4n) is 1.27. The fraction of sp³-hybridized carbons (Fsp3) is 1.00. The van der Waals surface area contributed by atoms with Gasteiger partial charge in [0.25, 0.3) is 0 Å². The fourth-order valence-corrected chi connectivity index (χ4v) is 3.20. The van der Waals surface area contributed by atoms with Gasteiger partial charge < -0.3 is 5.11 Å². The molecule has 0 amide bonds. The number of hydrogen-bond donors (Lipinski definition) is 1. The molecule has 2 atom stereocenters. The van der Waals surface area contributed by atoms with Crippen LogP contribution in [0, 0.1) is 0 Å². The second-order valence-electron chi connectivity index (χ2n) is 3.44. The van der Waals surface area contributed by atoms with Crippen LogP contribution in [0.1, 0.15) is 45.4 Å². The van der Waals surface area contributed by atoms with Gasteiger partial charge in [-0.15, -0.1) is 0 Å². The zero-order valence-electron chi connectivity index (χ0n) is 8.31. The molecule has 0 aliphatic heterocycles. The highest BCUT2D eigenvalue weighted by atomic mass is 79.9. The normalized spacial score (nSPS) is 15.7. The van der Waals surface area contributed by atoms with Gasteiger partial charge in [0.05, 0.1) is 0 Å². The Balaban J connectivity index is 3.32. The van der Waals surface area contributed by atoms with Crippen molar-refractivity contribution in [3.63, 3.8) is 0 Å². The van der Waals surface area contributed by atoms with Crippen LogP contribution in [0.5, 0.6) is 0 Å². The zero-order valence-corrected chi connectivity index (χ0v) is 11.5. The minimum absolute atomic E-state index is 0.282. The first kappa shape index (κ1) is 13.9. The molecule has 2 unspecified atom stereocenters. The first-order valence-corrected chi connectivity index (χ1v) is 6.92. The van der Waals surface area contributed by atoms with Crippen molar-refractivity contribution in [2.75, 3.05) is 6.61 Å². The number of aliphatic hydroxyl groups is 1. The predicted octanol–water partition coefficient (Wildman–Crippen LogP) is 3.87. The number of unbranched alkanes of at least 4 members (excludes halogenated alkanes) is 2. The van der Waals surface area contributed by atoms with Crippen molar-refractivity contribution in [1.82, 2.24) is 0 Å². The molecule has 0 aromatic rings. The predicted molar refractivity (Wildman–Crippen MR) is 65.9 cm³/mol. The molecular weight excluding hydrogens is 296 g/mol. The molecule has 0 rings (SSSR count). The Labute approximate surface area is 98.6 Å². The van der Waals surface area contributed by atoms with Crippen LogP contribution in [0.25, 0.3) is 0 Å². The number of halogens is 2. The SMILES string of the molecule is CCCCCC(Br)CC(Br)CCO.